The summed E-state index contributed by atoms with van der Waals surface area (Å²) in [7, 11) is 1.34. The smallest absolute Gasteiger partial charge is 0.387 e. The van der Waals surface area contributed by atoms with Crippen LogP contribution >= 0.6 is 0 Å². The number of rotatable bonds is 11. The molecule has 2 N–H and O–H groups in total. The highest BCUT2D eigenvalue weighted by atomic mass is 19.3. The highest BCUT2D eigenvalue weighted by molar-refractivity contribution is 5.81. The maximum atomic E-state index is 12.3. The van der Waals surface area contributed by atoms with E-state index < -0.39 is 6.61 Å². The number of likely N-dealkylation sites (N-methyl/N-ethyl adjacent to an activating group) is 1. The summed E-state index contributed by atoms with van der Waals surface area (Å²) < 4.78 is 34.1. The molecule has 0 aliphatic heterocycles. The van der Waals surface area contributed by atoms with Crippen LogP contribution in [0.5, 0.6) is 11.5 Å². The van der Waals surface area contributed by atoms with E-state index >= 15 is 0 Å². The first-order valence-electron chi connectivity index (χ1n) is 8.65. The normalized spacial score (nSPS) is 11.0. The summed E-state index contributed by atoms with van der Waals surface area (Å²) in [6.45, 7) is 3.60. The molecule has 0 unspecified atom stereocenters. The number of nitrogens with one attached hydrogen (secondary N) is 2. The number of hydrogen-bond acceptors (Lipinski definition) is 5. The van der Waals surface area contributed by atoms with Gasteiger partial charge in [0.25, 0.3) is 0 Å². The van der Waals surface area contributed by atoms with Gasteiger partial charge in [-0.1, -0.05) is 13.0 Å². The summed E-state index contributed by atoms with van der Waals surface area (Å²) >= 11 is 0. The second kappa shape index (κ2) is 11.3. The van der Waals surface area contributed by atoms with Crippen LogP contribution in [0, 0.1) is 0 Å². The van der Waals surface area contributed by atoms with Crippen LogP contribution in [0.15, 0.2) is 18.2 Å². The van der Waals surface area contributed by atoms with Crippen molar-refractivity contribution in [2.24, 2.45) is 0 Å². The number of nitrogens with zero attached hydrogens (tertiary/aromatic N) is 1. The second-order valence-corrected chi connectivity index (χ2v) is 6.17. The van der Waals surface area contributed by atoms with Crippen LogP contribution in [0.4, 0.5) is 8.78 Å². The van der Waals surface area contributed by atoms with E-state index in [0.29, 0.717) is 12.1 Å². The van der Waals surface area contributed by atoms with Gasteiger partial charge in [-0.25, -0.2) is 0 Å². The Kier molecular flexibility index (Phi) is 9.49. The zero-order valence-electron chi connectivity index (χ0n) is 16.1. The fourth-order valence-electron chi connectivity index (χ4n) is 2.33. The minimum Gasteiger partial charge on any atom is -0.493 e. The highest BCUT2D eigenvalue weighted by Crippen LogP contribution is 2.29. The van der Waals surface area contributed by atoms with E-state index in [0.717, 1.165) is 0 Å². The van der Waals surface area contributed by atoms with Crippen molar-refractivity contribution in [2.45, 2.75) is 40.0 Å². The third-order valence-corrected chi connectivity index (χ3v) is 3.57. The zero-order chi connectivity index (χ0) is 20.4. The van der Waals surface area contributed by atoms with E-state index in [1.165, 1.54) is 19.2 Å². The number of alkyl halides is 2. The lowest BCUT2D eigenvalue weighted by molar-refractivity contribution is -0.125. The summed E-state index contributed by atoms with van der Waals surface area (Å²) in [5.41, 5.74) is 0.669. The molecule has 0 radical (unpaired) electrons. The van der Waals surface area contributed by atoms with Crippen LogP contribution in [0.1, 0.15) is 26.3 Å². The largest absolute Gasteiger partial charge is 0.493 e. The molecule has 0 aliphatic carbocycles. The van der Waals surface area contributed by atoms with E-state index in [2.05, 4.69) is 15.4 Å². The first-order valence-corrected chi connectivity index (χ1v) is 8.65. The first kappa shape index (κ1) is 22.6. The van der Waals surface area contributed by atoms with Crippen molar-refractivity contribution in [1.82, 2.24) is 15.5 Å². The van der Waals surface area contributed by atoms with Gasteiger partial charge in [0.15, 0.2) is 11.5 Å². The first-order chi connectivity index (χ1) is 12.7. The van der Waals surface area contributed by atoms with Gasteiger partial charge in [-0.15, -0.1) is 0 Å². The molecule has 0 aliphatic rings. The topological polar surface area (TPSA) is 79.9 Å². The number of carbonyl (C=O) groups is 2. The van der Waals surface area contributed by atoms with Gasteiger partial charge in [-0.2, -0.15) is 8.78 Å². The maximum Gasteiger partial charge on any atom is 0.387 e. The monoisotopic (exact) mass is 387 g/mol. The molecule has 0 atom stereocenters. The van der Waals surface area contributed by atoms with Gasteiger partial charge < -0.3 is 20.1 Å². The fraction of sp³-hybridized carbons (Fsp3) is 0.556. The van der Waals surface area contributed by atoms with E-state index in [9.17, 15) is 18.4 Å². The molecule has 0 aromatic heterocycles. The van der Waals surface area contributed by atoms with Crippen molar-refractivity contribution in [3.05, 3.63) is 23.8 Å². The maximum absolute atomic E-state index is 12.3. The minimum atomic E-state index is -2.95. The fourth-order valence-corrected chi connectivity index (χ4v) is 2.33. The second-order valence-electron chi connectivity index (χ2n) is 6.17. The Balaban J connectivity index is 2.56. The molecule has 2 amide bonds. The van der Waals surface area contributed by atoms with E-state index in [1.807, 2.05) is 20.8 Å². The molecule has 1 aromatic carbocycles. The third kappa shape index (κ3) is 8.67. The highest BCUT2D eigenvalue weighted by Gasteiger charge is 2.14. The summed E-state index contributed by atoms with van der Waals surface area (Å²) in [5, 5.41) is 5.51. The van der Waals surface area contributed by atoms with Crippen molar-refractivity contribution in [2.75, 3.05) is 26.7 Å². The van der Waals surface area contributed by atoms with Gasteiger partial charge in [-0.3, -0.25) is 14.5 Å². The molecule has 152 valence electrons. The van der Waals surface area contributed by atoms with Crippen molar-refractivity contribution in [1.29, 1.82) is 0 Å². The zero-order valence-corrected chi connectivity index (χ0v) is 16.1. The van der Waals surface area contributed by atoms with Crippen molar-refractivity contribution < 1.29 is 27.8 Å². The molecule has 0 saturated heterocycles. The Morgan fingerprint density at radius 3 is 2.37 bits per heavy atom. The summed E-state index contributed by atoms with van der Waals surface area (Å²) in [6.07, 6.45) is 0. The van der Waals surface area contributed by atoms with Gasteiger partial charge in [0.2, 0.25) is 11.8 Å². The molecule has 27 heavy (non-hydrogen) atoms. The van der Waals surface area contributed by atoms with Crippen LogP contribution in [0.25, 0.3) is 0 Å². The van der Waals surface area contributed by atoms with Crippen LogP contribution < -0.4 is 20.1 Å². The van der Waals surface area contributed by atoms with Gasteiger partial charge in [0, 0.05) is 12.6 Å². The SMILES string of the molecule is CCN(CC(=O)NCc1ccc(OC(F)F)c(OC)c1)CC(=O)NC(C)C. The Hall–Kier alpha value is -2.42. The van der Waals surface area contributed by atoms with Gasteiger partial charge in [-0.05, 0) is 38.1 Å². The molecular weight excluding hydrogens is 360 g/mol. The average Bonchev–Trinajstić information content (AvgIpc) is 2.59. The van der Waals surface area contributed by atoms with Crippen molar-refractivity contribution in [3.8, 4) is 11.5 Å². The molecule has 1 aromatic rings. The number of hydrogen-bond donors (Lipinski definition) is 2. The number of carbonyl (C=O) groups excluding carboxylic acids is 2. The van der Waals surface area contributed by atoms with Crippen LogP contribution in [-0.4, -0.2) is 56.1 Å². The number of methoxy groups -OCH3 is 1. The molecule has 0 bridgehead atoms. The summed E-state index contributed by atoms with van der Waals surface area (Å²) in [4.78, 5) is 25.6. The Morgan fingerprint density at radius 2 is 1.81 bits per heavy atom. The Bertz CT molecular complexity index is 627. The molecule has 0 saturated carbocycles. The molecule has 1 rings (SSSR count). The molecule has 0 spiro atoms. The number of halogens is 2. The predicted octanol–water partition coefficient (Wildman–Crippen LogP) is 1.76. The Morgan fingerprint density at radius 1 is 1.15 bits per heavy atom. The van der Waals surface area contributed by atoms with Gasteiger partial charge in [0.05, 0.1) is 20.2 Å². The predicted molar refractivity (Wildman–Crippen MR) is 96.9 cm³/mol. The molecule has 0 fully saturated rings. The third-order valence-electron chi connectivity index (χ3n) is 3.57. The lowest BCUT2D eigenvalue weighted by Crippen LogP contribution is -2.44. The van der Waals surface area contributed by atoms with E-state index in [-0.39, 0.29) is 49.0 Å². The lowest BCUT2D eigenvalue weighted by atomic mass is 10.2. The standard InChI is InChI=1S/C18H27F2N3O4/c1-5-23(11-17(25)22-12(2)3)10-16(24)21-9-13-6-7-14(27-18(19)20)15(8-13)26-4/h6-8,12,18H,5,9-11H2,1-4H3,(H,21,24)(H,22,25). The number of amides is 2. The lowest BCUT2D eigenvalue weighted by Gasteiger charge is -2.20. The quantitative estimate of drug-likeness (QED) is 0.605. The van der Waals surface area contributed by atoms with E-state index in [1.54, 1.807) is 11.0 Å². The summed E-state index contributed by atoms with van der Waals surface area (Å²) in [5.74, 6) is -0.307. The van der Waals surface area contributed by atoms with E-state index in [4.69, 9.17) is 4.74 Å². The average molecular weight is 387 g/mol. The Labute approximate surface area is 158 Å². The van der Waals surface area contributed by atoms with Gasteiger partial charge in [0.1, 0.15) is 0 Å². The van der Waals surface area contributed by atoms with Crippen LogP contribution in [0.3, 0.4) is 0 Å². The molecule has 9 heteroatoms. The van der Waals surface area contributed by atoms with Crippen LogP contribution in [-0.2, 0) is 16.1 Å². The van der Waals surface area contributed by atoms with Crippen LogP contribution in [0.2, 0.25) is 0 Å². The molecular formula is C18H27F2N3O4. The number of ether oxygens (including phenoxy) is 2. The molecule has 7 nitrogen and oxygen atoms in total. The summed E-state index contributed by atoms with van der Waals surface area (Å²) in [6, 6.07) is 4.48. The minimum absolute atomic E-state index is 0.0389. The molecule has 0 heterocycles. The van der Waals surface area contributed by atoms with Crippen molar-refractivity contribution in [3.63, 3.8) is 0 Å². The number of benzene rings is 1. The van der Waals surface area contributed by atoms with Gasteiger partial charge >= 0.3 is 6.61 Å². The van der Waals surface area contributed by atoms with Crippen molar-refractivity contribution >= 4 is 11.8 Å².